The highest BCUT2D eigenvalue weighted by Crippen LogP contribution is 2.15. The summed E-state index contributed by atoms with van der Waals surface area (Å²) in [5.74, 6) is 1.02. The molecular weight excluding hydrogens is 304 g/mol. The van der Waals surface area contributed by atoms with E-state index in [0.717, 1.165) is 35.6 Å². The van der Waals surface area contributed by atoms with Crippen LogP contribution in [0.3, 0.4) is 0 Å². The molecule has 1 aromatic heterocycles. The van der Waals surface area contributed by atoms with E-state index in [-0.39, 0.29) is 0 Å². The molecule has 1 heterocycles. The van der Waals surface area contributed by atoms with E-state index < -0.39 is 0 Å². The lowest BCUT2D eigenvalue weighted by atomic mass is 10.2. The van der Waals surface area contributed by atoms with Crippen LogP contribution in [0.2, 0.25) is 0 Å². The van der Waals surface area contributed by atoms with Gasteiger partial charge in [-0.05, 0) is 55.9 Å². The first-order valence-electron chi connectivity index (χ1n) is 7.67. The second-order valence-electron chi connectivity index (χ2n) is 5.55. The van der Waals surface area contributed by atoms with Gasteiger partial charge in [-0.3, -0.25) is 0 Å². The minimum absolute atomic E-state index is 0.637. The molecular formula is C18H20N4S. The second-order valence-corrected chi connectivity index (χ2v) is 5.96. The molecule has 0 aliphatic carbocycles. The molecule has 0 bridgehead atoms. The van der Waals surface area contributed by atoms with Gasteiger partial charge in [-0.1, -0.05) is 24.3 Å². The molecule has 23 heavy (non-hydrogen) atoms. The number of nitrogens with one attached hydrogen (secondary N) is 2. The maximum atomic E-state index is 5.36. The Kier molecular flexibility index (Phi) is 4.57. The standard InChI is InChI=1S/C18H20N4S/c1-13-6-5-7-15(12-13)21-18(23)19-10-11-22-14(2)20-16-8-3-4-9-17(16)22/h3-9,12H,10-11H2,1-2H3,(H2,19,21,23). The molecule has 0 aliphatic rings. The third kappa shape index (κ3) is 3.68. The molecule has 2 N–H and O–H groups in total. The van der Waals surface area contributed by atoms with Gasteiger partial charge in [-0.25, -0.2) is 4.98 Å². The van der Waals surface area contributed by atoms with Crippen molar-refractivity contribution in [3.8, 4) is 0 Å². The van der Waals surface area contributed by atoms with Crippen molar-refractivity contribution in [1.29, 1.82) is 0 Å². The van der Waals surface area contributed by atoms with E-state index in [4.69, 9.17) is 12.2 Å². The van der Waals surface area contributed by atoms with Crippen molar-refractivity contribution in [2.45, 2.75) is 20.4 Å². The Balaban J connectivity index is 1.58. The van der Waals surface area contributed by atoms with Crippen LogP contribution in [0.25, 0.3) is 11.0 Å². The van der Waals surface area contributed by atoms with Crippen LogP contribution in [0.5, 0.6) is 0 Å². The first-order valence-corrected chi connectivity index (χ1v) is 8.08. The van der Waals surface area contributed by atoms with Crippen molar-refractivity contribution < 1.29 is 0 Å². The molecule has 4 nitrogen and oxygen atoms in total. The summed E-state index contributed by atoms with van der Waals surface area (Å²) in [5, 5.41) is 7.10. The molecule has 5 heteroatoms. The summed E-state index contributed by atoms with van der Waals surface area (Å²) in [6.07, 6.45) is 0. The van der Waals surface area contributed by atoms with E-state index >= 15 is 0 Å². The smallest absolute Gasteiger partial charge is 0.170 e. The summed E-state index contributed by atoms with van der Waals surface area (Å²) in [5.41, 5.74) is 4.40. The molecule has 0 unspecified atom stereocenters. The van der Waals surface area contributed by atoms with Gasteiger partial charge in [-0.15, -0.1) is 0 Å². The molecule has 3 aromatic rings. The number of hydrogen-bond donors (Lipinski definition) is 2. The van der Waals surface area contributed by atoms with E-state index in [1.54, 1.807) is 0 Å². The van der Waals surface area contributed by atoms with E-state index in [1.807, 2.05) is 37.3 Å². The predicted octanol–water partition coefficient (Wildman–Crippen LogP) is 3.64. The molecule has 3 rings (SSSR count). The van der Waals surface area contributed by atoms with E-state index in [1.165, 1.54) is 5.56 Å². The van der Waals surface area contributed by atoms with Crippen LogP contribution < -0.4 is 10.6 Å². The molecule has 0 amide bonds. The lowest BCUT2D eigenvalue weighted by Crippen LogP contribution is -2.31. The number of aryl methyl sites for hydroxylation is 2. The van der Waals surface area contributed by atoms with Crippen molar-refractivity contribution in [3.05, 3.63) is 59.9 Å². The fourth-order valence-electron chi connectivity index (χ4n) is 2.66. The largest absolute Gasteiger partial charge is 0.361 e. The van der Waals surface area contributed by atoms with Crippen molar-refractivity contribution >= 4 is 34.1 Å². The Morgan fingerprint density at radius 1 is 1.13 bits per heavy atom. The Labute approximate surface area is 141 Å². The molecule has 0 atom stereocenters. The van der Waals surface area contributed by atoms with Crippen LogP contribution in [0, 0.1) is 13.8 Å². The maximum absolute atomic E-state index is 5.36. The van der Waals surface area contributed by atoms with Gasteiger partial charge in [0.1, 0.15) is 5.82 Å². The quantitative estimate of drug-likeness (QED) is 0.719. The summed E-state index contributed by atoms with van der Waals surface area (Å²) in [6, 6.07) is 16.3. The summed E-state index contributed by atoms with van der Waals surface area (Å²) in [7, 11) is 0. The second kappa shape index (κ2) is 6.79. The number of fused-ring (bicyclic) bond motifs is 1. The normalized spacial score (nSPS) is 10.7. The van der Waals surface area contributed by atoms with Crippen molar-refractivity contribution in [1.82, 2.24) is 14.9 Å². The summed E-state index contributed by atoms with van der Waals surface area (Å²) < 4.78 is 2.21. The number of imidazole rings is 1. The van der Waals surface area contributed by atoms with Crippen LogP contribution in [0.1, 0.15) is 11.4 Å². The monoisotopic (exact) mass is 324 g/mol. The number of aromatic nitrogens is 2. The summed E-state index contributed by atoms with van der Waals surface area (Å²) in [4.78, 5) is 4.58. The topological polar surface area (TPSA) is 41.9 Å². The van der Waals surface area contributed by atoms with E-state index in [0.29, 0.717) is 5.11 Å². The number of rotatable bonds is 4. The zero-order valence-electron chi connectivity index (χ0n) is 13.3. The number of benzene rings is 2. The highest BCUT2D eigenvalue weighted by molar-refractivity contribution is 7.80. The number of anilines is 1. The summed E-state index contributed by atoms with van der Waals surface area (Å²) in [6.45, 7) is 5.67. The number of nitrogens with zero attached hydrogens (tertiary/aromatic N) is 2. The van der Waals surface area contributed by atoms with Gasteiger partial charge < -0.3 is 15.2 Å². The molecule has 0 aliphatic heterocycles. The van der Waals surface area contributed by atoms with E-state index in [9.17, 15) is 0 Å². The average molecular weight is 324 g/mol. The average Bonchev–Trinajstić information content (AvgIpc) is 2.83. The first kappa shape index (κ1) is 15.5. The minimum atomic E-state index is 0.637. The Morgan fingerprint density at radius 2 is 1.96 bits per heavy atom. The van der Waals surface area contributed by atoms with Crippen LogP contribution >= 0.6 is 12.2 Å². The highest BCUT2D eigenvalue weighted by atomic mass is 32.1. The van der Waals surface area contributed by atoms with Crippen LogP contribution in [0.4, 0.5) is 5.69 Å². The highest BCUT2D eigenvalue weighted by Gasteiger charge is 2.06. The summed E-state index contributed by atoms with van der Waals surface area (Å²) >= 11 is 5.36. The minimum Gasteiger partial charge on any atom is -0.361 e. The van der Waals surface area contributed by atoms with Crippen LogP contribution in [-0.4, -0.2) is 21.2 Å². The van der Waals surface area contributed by atoms with Gasteiger partial charge in [-0.2, -0.15) is 0 Å². The Hall–Kier alpha value is -2.40. The van der Waals surface area contributed by atoms with Gasteiger partial charge in [0.2, 0.25) is 0 Å². The third-order valence-electron chi connectivity index (χ3n) is 3.74. The SMILES string of the molecule is Cc1cccc(NC(=S)NCCn2c(C)nc3ccccc32)c1. The molecule has 0 radical (unpaired) electrons. The molecule has 0 saturated carbocycles. The predicted molar refractivity (Wildman–Crippen MR) is 99.9 cm³/mol. The molecule has 0 spiro atoms. The Morgan fingerprint density at radius 3 is 2.78 bits per heavy atom. The Bertz CT molecular complexity index is 838. The van der Waals surface area contributed by atoms with Gasteiger partial charge >= 0.3 is 0 Å². The maximum Gasteiger partial charge on any atom is 0.170 e. The van der Waals surface area contributed by atoms with Crippen molar-refractivity contribution in [3.63, 3.8) is 0 Å². The zero-order valence-corrected chi connectivity index (χ0v) is 14.2. The van der Waals surface area contributed by atoms with Gasteiger partial charge in [0.15, 0.2) is 5.11 Å². The molecule has 2 aromatic carbocycles. The van der Waals surface area contributed by atoms with Gasteiger partial charge in [0, 0.05) is 18.8 Å². The number of hydrogen-bond acceptors (Lipinski definition) is 2. The van der Waals surface area contributed by atoms with E-state index in [2.05, 4.69) is 45.3 Å². The van der Waals surface area contributed by atoms with Crippen LogP contribution in [0.15, 0.2) is 48.5 Å². The first-order chi connectivity index (χ1) is 11.1. The fourth-order valence-corrected chi connectivity index (χ4v) is 2.88. The van der Waals surface area contributed by atoms with Gasteiger partial charge in [0.25, 0.3) is 0 Å². The molecule has 0 saturated heterocycles. The number of para-hydroxylation sites is 2. The fraction of sp³-hybridized carbons (Fsp3) is 0.222. The van der Waals surface area contributed by atoms with Gasteiger partial charge in [0.05, 0.1) is 11.0 Å². The lowest BCUT2D eigenvalue weighted by Gasteiger charge is -2.12. The molecule has 0 fully saturated rings. The van der Waals surface area contributed by atoms with Crippen molar-refractivity contribution in [2.75, 3.05) is 11.9 Å². The lowest BCUT2D eigenvalue weighted by molar-refractivity contribution is 0.673. The van der Waals surface area contributed by atoms with Crippen molar-refractivity contribution in [2.24, 2.45) is 0 Å². The third-order valence-corrected chi connectivity index (χ3v) is 3.99. The number of thiocarbonyl (C=S) groups is 1. The molecule has 118 valence electrons. The zero-order chi connectivity index (χ0) is 16.2. The van der Waals surface area contributed by atoms with Crippen LogP contribution in [-0.2, 0) is 6.54 Å².